The Morgan fingerprint density at radius 3 is 2.24 bits per heavy atom. The summed E-state index contributed by atoms with van der Waals surface area (Å²) in [6.07, 6.45) is 0.878. The van der Waals surface area contributed by atoms with E-state index < -0.39 is 0 Å². The molecule has 0 aromatic heterocycles. The Hall–Kier alpha value is -1.38. The summed E-state index contributed by atoms with van der Waals surface area (Å²) in [5.74, 6) is -0.205. The summed E-state index contributed by atoms with van der Waals surface area (Å²) in [7, 11) is 0. The lowest BCUT2D eigenvalue weighted by atomic mass is 10.0. The summed E-state index contributed by atoms with van der Waals surface area (Å²) in [5.41, 5.74) is 8.62. The van der Waals surface area contributed by atoms with Crippen molar-refractivity contribution in [3.8, 4) is 11.1 Å². The van der Waals surface area contributed by atoms with Crippen LogP contribution in [0.25, 0.3) is 11.1 Å². The fourth-order valence-corrected chi connectivity index (χ4v) is 1.70. The lowest BCUT2D eigenvalue weighted by Crippen LogP contribution is -2.02. The van der Waals surface area contributed by atoms with Crippen LogP contribution in [0.15, 0.2) is 48.5 Å². The Morgan fingerprint density at radius 2 is 1.65 bits per heavy atom. The van der Waals surface area contributed by atoms with E-state index in [2.05, 4.69) is 0 Å². The molecule has 0 aliphatic heterocycles. The molecular weight excluding hydrogens is 237 g/mol. The van der Waals surface area contributed by atoms with Gasteiger partial charge in [0, 0.05) is 0 Å². The maximum atomic E-state index is 13.0. The van der Waals surface area contributed by atoms with Gasteiger partial charge in [-0.3, -0.25) is 0 Å². The minimum Gasteiger partial charge on any atom is -0.330 e. The first-order valence-electron chi connectivity index (χ1n) is 5.34. The molecule has 0 radical (unpaired) electrons. The normalized spacial score (nSPS) is 9.76. The zero-order valence-electron chi connectivity index (χ0n) is 9.40. The molecule has 2 aromatic carbocycles. The highest BCUT2D eigenvalue weighted by Gasteiger charge is 1.99. The van der Waals surface area contributed by atoms with Crippen molar-refractivity contribution < 1.29 is 4.39 Å². The van der Waals surface area contributed by atoms with Crippen molar-refractivity contribution in [2.24, 2.45) is 5.73 Å². The number of benzene rings is 2. The van der Waals surface area contributed by atoms with Crippen LogP contribution in [0.5, 0.6) is 0 Å². The Morgan fingerprint density at radius 1 is 0.941 bits per heavy atom. The summed E-state index contributed by atoms with van der Waals surface area (Å²) in [6, 6.07) is 14.7. The van der Waals surface area contributed by atoms with E-state index in [9.17, 15) is 4.39 Å². The van der Waals surface area contributed by atoms with Crippen LogP contribution in [0.3, 0.4) is 0 Å². The quantitative estimate of drug-likeness (QED) is 0.889. The topological polar surface area (TPSA) is 26.0 Å². The van der Waals surface area contributed by atoms with Gasteiger partial charge in [-0.15, -0.1) is 12.4 Å². The predicted molar refractivity (Wildman–Crippen MR) is 71.8 cm³/mol. The highest BCUT2D eigenvalue weighted by atomic mass is 35.5. The molecule has 2 rings (SSSR count). The molecule has 0 aliphatic rings. The molecule has 0 fully saturated rings. The van der Waals surface area contributed by atoms with Gasteiger partial charge in [0.2, 0.25) is 0 Å². The van der Waals surface area contributed by atoms with Crippen LogP contribution in [-0.2, 0) is 6.42 Å². The van der Waals surface area contributed by atoms with Crippen LogP contribution >= 0.6 is 12.4 Å². The molecule has 2 N–H and O–H groups in total. The maximum absolute atomic E-state index is 13.0. The molecule has 0 heterocycles. The highest BCUT2D eigenvalue weighted by Crippen LogP contribution is 2.20. The van der Waals surface area contributed by atoms with Crippen molar-refractivity contribution in [1.29, 1.82) is 0 Å². The highest BCUT2D eigenvalue weighted by molar-refractivity contribution is 5.85. The molecule has 0 spiro atoms. The Bertz CT molecular complexity index is 468. The second-order valence-electron chi connectivity index (χ2n) is 3.75. The largest absolute Gasteiger partial charge is 0.330 e. The lowest BCUT2D eigenvalue weighted by molar-refractivity contribution is 0.628. The molecule has 0 saturated heterocycles. The molecule has 17 heavy (non-hydrogen) atoms. The first-order chi connectivity index (χ1) is 7.79. The maximum Gasteiger partial charge on any atom is 0.123 e. The van der Waals surface area contributed by atoms with Crippen LogP contribution in [0, 0.1) is 5.82 Å². The van der Waals surface area contributed by atoms with Crippen molar-refractivity contribution in [3.63, 3.8) is 0 Å². The van der Waals surface area contributed by atoms with Gasteiger partial charge < -0.3 is 5.73 Å². The third-order valence-corrected chi connectivity index (χ3v) is 2.54. The summed E-state index contributed by atoms with van der Waals surface area (Å²) in [5, 5.41) is 0. The van der Waals surface area contributed by atoms with Crippen molar-refractivity contribution in [2.45, 2.75) is 6.42 Å². The standard InChI is InChI=1S/C14H14FN.ClH/c15-14-3-1-2-13(10-14)12-6-4-11(5-7-12)8-9-16;/h1-7,10H,8-9,16H2;1H. The molecule has 90 valence electrons. The van der Waals surface area contributed by atoms with E-state index in [4.69, 9.17) is 5.73 Å². The molecule has 0 unspecified atom stereocenters. The third kappa shape index (κ3) is 3.55. The summed E-state index contributed by atoms with van der Waals surface area (Å²) < 4.78 is 13.0. The van der Waals surface area contributed by atoms with Crippen LogP contribution in [0.1, 0.15) is 5.56 Å². The van der Waals surface area contributed by atoms with E-state index in [0.717, 1.165) is 17.5 Å². The second kappa shape index (κ2) is 6.38. The molecule has 0 atom stereocenters. The van der Waals surface area contributed by atoms with Gasteiger partial charge in [0.1, 0.15) is 5.82 Å². The van der Waals surface area contributed by atoms with E-state index in [1.807, 2.05) is 30.3 Å². The number of hydrogen-bond donors (Lipinski definition) is 1. The van der Waals surface area contributed by atoms with Crippen LogP contribution in [0.2, 0.25) is 0 Å². The van der Waals surface area contributed by atoms with Crippen molar-refractivity contribution in [2.75, 3.05) is 6.54 Å². The first kappa shape index (κ1) is 13.7. The third-order valence-electron chi connectivity index (χ3n) is 2.54. The summed E-state index contributed by atoms with van der Waals surface area (Å²) in [6.45, 7) is 0.652. The Kier molecular flexibility index (Phi) is 5.13. The monoisotopic (exact) mass is 251 g/mol. The number of nitrogens with two attached hydrogens (primary N) is 1. The number of halogens is 2. The molecule has 0 bridgehead atoms. The van der Waals surface area contributed by atoms with Gasteiger partial charge in [0.15, 0.2) is 0 Å². The van der Waals surface area contributed by atoms with Gasteiger partial charge in [0.25, 0.3) is 0 Å². The van der Waals surface area contributed by atoms with Gasteiger partial charge >= 0.3 is 0 Å². The van der Waals surface area contributed by atoms with Crippen molar-refractivity contribution in [3.05, 3.63) is 59.9 Å². The average Bonchev–Trinajstić information content (AvgIpc) is 2.30. The molecule has 0 saturated carbocycles. The second-order valence-corrected chi connectivity index (χ2v) is 3.75. The molecule has 0 amide bonds. The SMILES string of the molecule is Cl.NCCc1ccc(-c2cccc(F)c2)cc1. The van der Waals surface area contributed by atoms with Gasteiger partial charge in [-0.25, -0.2) is 4.39 Å². The first-order valence-corrected chi connectivity index (χ1v) is 5.34. The van der Waals surface area contributed by atoms with Crippen LogP contribution in [-0.4, -0.2) is 6.54 Å². The lowest BCUT2D eigenvalue weighted by Gasteiger charge is -2.03. The van der Waals surface area contributed by atoms with E-state index in [1.54, 1.807) is 6.07 Å². The zero-order valence-corrected chi connectivity index (χ0v) is 10.2. The van der Waals surface area contributed by atoms with Crippen molar-refractivity contribution >= 4 is 12.4 Å². The molecular formula is C14H15ClFN. The summed E-state index contributed by atoms with van der Waals surface area (Å²) in [4.78, 5) is 0. The zero-order chi connectivity index (χ0) is 11.4. The van der Waals surface area contributed by atoms with E-state index in [0.29, 0.717) is 6.54 Å². The summed E-state index contributed by atoms with van der Waals surface area (Å²) >= 11 is 0. The number of hydrogen-bond acceptors (Lipinski definition) is 1. The fraction of sp³-hybridized carbons (Fsp3) is 0.143. The predicted octanol–water partition coefficient (Wildman–Crippen LogP) is 3.42. The van der Waals surface area contributed by atoms with Gasteiger partial charge in [-0.1, -0.05) is 36.4 Å². The molecule has 1 nitrogen and oxygen atoms in total. The smallest absolute Gasteiger partial charge is 0.123 e. The molecule has 2 aromatic rings. The minimum absolute atomic E-state index is 0. The van der Waals surface area contributed by atoms with E-state index in [1.165, 1.54) is 17.7 Å². The van der Waals surface area contributed by atoms with Gasteiger partial charge in [-0.2, -0.15) is 0 Å². The van der Waals surface area contributed by atoms with Gasteiger partial charge in [-0.05, 0) is 41.8 Å². The number of rotatable bonds is 3. The van der Waals surface area contributed by atoms with Crippen molar-refractivity contribution in [1.82, 2.24) is 0 Å². The molecule has 0 aliphatic carbocycles. The Balaban J connectivity index is 0.00000144. The molecule has 3 heteroatoms. The van der Waals surface area contributed by atoms with Crippen LogP contribution < -0.4 is 5.73 Å². The fourth-order valence-electron chi connectivity index (χ4n) is 1.70. The van der Waals surface area contributed by atoms with E-state index in [-0.39, 0.29) is 18.2 Å². The van der Waals surface area contributed by atoms with Crippen LogP contribution in [0.4, 0.5) is 4.39 Å². The Labute approximate surface area is 107 Å². The van der Waals surface area contributed by atoms with Gasteiger partial charge in [0.05, 0.1) is 0 Å². The van der Waals surface area contributed by atoms with E-state index >= 15 is 0 Å². The minimum atomic E-state index is -0.205. The average molecular weight is 252 g/mol.